The molecule has 2 atom stereocenters. The fraction of sp³-hybridized carbons (Fsp3) is 0.312. The molecule has 0 spiro atoms. The second kappa shape index (κ2) is 6.20. The van der Waals surface area contributed by atoms with Crippen molar-refractivity contribution >= 4 is 33.7 Å². The topological polar surface area (TPSA) is 16.1 Å². The van der Waals surface area contributed by atoms with Crippen LogP contribution in [0.4, 0.5) is 10.1 Å². The number of thiazole rings is 1. The number of halogens is 1. The summed E-state index contributed by atoms with van der Waals surface area (Å²) in [7, 11) is 0. The summed E-state index contributed by atoms with van der Waals surface area (Å²) >= 11 is 3.53. The second-order valence-corrected chi connectivity index (χ2v) is 7.18. The quantitative estimate of drug-likeness (QED) is 0.769. The average Bonchev–Trinajstić information content (AvgIpc) is 3.16. The number of rotatable bonds is 4. The Kier molecular flexibility index (Phi) is 4.31. The number of hydrogen-bond acceptors (Lipinski definition) is 4. The molecular weight excluding hydrogens is 303 g/mol. The Balaban J connectivity index is 1.94. The van der Waals surface area contributed by atoms with Gasteiger partial charge in [-0.15, -0.1) is 11.3 Å². The molecule has 1 aromatic heterocycles. The molecule has 21 heavy (non-hydrogen) atoms. The van der Waals surface area contributed by atoms with E-state index in [1.807, 2.05) is 35.6 Å². The Bertz CT molecular complexity index is 622. The first-order valence-electron chi connectivity index (χ1n) is 7.00. The van der Waals surface area contributed by atoms with Crippen molar-refractivity contribution in [2.75, 3.05) is 4.90 Å². The SMILES string of the molecule is CCC(C)C1SC(c2cncs2)=CN1c1ccc(F)cc1. The lowest BCUT2D eigenvalue weighted by atomic mass is 10.1. The Morgan fingerprint density at radius 1 is 1.33 bits per heavy atom. The van der Waals surface area contributed by atoms with Crippen molar-refractivity contribution < 1.29 is 4.39 Å². The minimum Gasteiger partial charge on any atom is -0.334 e. The van der Waals surface area contributed by atoms with E-state index < -0.39 is 0 Å². The molecule has 0 radical (unpaired) electrons. The molecule has 0 fully saturated rings. The number of nitrogens with zero attached hydrogens (tertiary/aromatic N) is 2. The summed E-state index contributed by atoms with van der Waals surface area (Å²) in [5.41, 5.74) is 2.89. The summed E-state index contributed by atoms with van der Waals surface area (Å²) in [4.78, 5) is 8.85. The van der Waals surface area contributed by atoms with Gasteiger partial charge in [-0.3, -0.25) is 4.98 Å². The maximum absolute atomic E-state index is 13.1. The summed E-state index contributed by atoms with van der Waals surface area (Å²) in [5, 5.41) is 0.345. The molecule has 5 heteroatoms. The van der Waals surface area contributed by atoms with Gasteiger partial charge in [-0.2, -0.15) is 0 Å². The van der Waals surface area contributed by atoms with Crippen LogP contribution in [-0.2, 0) is 0 Å². The highest BCUT2D eigenvalue weighted by Crippen LogP contribution is 2.46. The number of thioether (sulfide) groups is 1. The van der Waals surface area contributed by atoms with Gasteiger partial charge in [0.05, 0.1) is 15.8 Å². The molecule has 0 saturated carbocycles. The molecule has 2 unspecified atom stereocenters. The fourth-order valence-electron chi connectivity index (χ4n) is 2.30. The number of aromatic nitrogens is 1. The third kappa shape index (κ3) is 2.99. The van der Waals surface area contributed by atoms with E-state index in [2.05, 4.69) is 29.9 Å². The van der Waals surface area contributed by atoms with Crippen molar-refractivity contribution in [1.29, 1.82) is 0 Å². The van der Waals surface area contributed by atoms with Gasteiger partial charge >= 0.3 is 0 Å². The van der Waals surface area contributed by atoms with E-state index in [9.17, 15) is 4.39 Å². The smallest absolute Gasteiger partial charge is 0.123 e. The van der Waals surface area contributed by atoms with E-state index in [-0.39, 0.29) is 5.82 Å². The van der Waals surface area contributed by atoms with Crippen molar-refractivity contribution in [2.45, 2.75) is 25.6 Å². The lowest BCUT2D eigenvalue weighted by Crippen LogP contribution is -2.29. The summed E-state index contributed by atoms with van der Waals surface area (Å²) in [6.07, 6.45) is 5.19. The van der Waals surface area contributed by atoms with E-state index in [4.69, 9.17) is 0 Å². The number of anilines is 1. The van der Waals surface area contributed by atoms with Crippen molar-refractivity contribution in [1.82, 2.24) is 4.98 Å². The van der Waals surface area contributed by atoms with E-state index in [0.717, 1.165) is 12.1 Å². The first kappa shape index (κ1) is 14.6. The van der Waals surface area contributed by atoms with Crippen LogP contribution in [0.25, 0.3) is 4.91 Å². The normalized spacial score (nSPS) is 19.7. The Labute approximate surface area is 132 Å². The van der Waals surface area contributed by atoms with Crippen molar-refractivity contribution in [3.05, 3.63) is 52.9 Å². The zero-order valence-corrected chi connectivity index (χ0v) is 13.6. The van der Waals surface area contributed by atoms with Gasteiger partial charge in [0.2, 0.25) is 0 Å². The van der Waals surface area contributed by atoms with Gasteiger partial charge in [-0.25, -0.2) is 4.39 Å². The Morgan fingerprint density at radius 2 is 2.10 bits per heavy atom. The van der Waals surface area contributed by atoms with Crippen molar-refractivity contribution in [3.63, 3.8) is 0 Å². The minimum absolute atomic E-state index is 0.197. The van der Waals surface area contributed by atoms with Crippen LogP contribution in [-0.4, -0.2) is 10.4 Å². The van der Waals surface area contributed by atoms with Crippen LogP contribution in [0.15, 0.2) is 42.2 Å². The third-order valence-corrected chi connectivity index (χ3v) is 6.16. The molecule has 0 amide bonds. The lowest BCUT2D eigenvalue weighted by molar-refractivity contribution is 0.539. The monoisotopic (exact) mass is 320 g/mol. The van der Waals surface area contributed by atoms with Gasteiger partial charge in [0.25, 0.3) is 0 Å². The maximum atomic E-state index is 13.1. The predicted molar refractivity (Wildman–Crippen MR) is 89.8 cm³/mol. The van der Waals surface area contributed by atoms with Gasteiger partial charge < -0.3 is 4.90 Å². The summed E-state index contributed by atoms with van der Waals surface area (Å²) in [6, 6.07) is 6.73. The molecule has 2 aromatic rings. The zero-order valence-electron chi connectivity index (χ0n) is 12.0. The molecule has 0 saturated heterocycles. The maximum Gasteiger partial charge on any atom is 0.123 e. The molecule has 0 N–H and O–H groups in total. The van der Waals surface area contributed by atoms with Gasteiger partial charge in [-0.05, 0) is 30.2 Å². The van der Waals surface area contributed by atoms with E-state index in [1.165, 1.54) is 21.9 Å². The van der Waals surface area contributed by atoms with Crippen molar-refractivity contribution in [3.8, 4) is 0 Å². The molecule has 2 nitrogen and oxygen atoms in total. The van der Waals surface area contributed by atoms with Crippen LogP contribution < -0.4 is 4.90 Å². The van der Waals surface area contributed by atoms with E-state index in [0.29, 0.717) is 11.3 Å². The molecule has 0 bridgehead atoms. The van der Waals surface area contributed by atoms with Crippen LogP contribution in [0.1, 0.15) is 25.1 Å². The highest BCUT2D eigenvalue weighted by atomic mass is 32.2. The highest BCUT2D eigenvalue weighted by Gasteiger charge is 2.31. The molecule has 110 valence electrons. The minimum atomic E-state index is -0.197. The van der Waals surface area contributed by atoms with Crippen LogP contribution in [0, 0.1) is 11.7 Å². The predicted octanol–water partition coefficient (Wildman–Crippen LogP) is 5.21. The lowest BCUT2D eigenvalue weighted by Gasteiger charge is -2.29. The fourth-order valence-corrected chi connectivity index (χ4v) is 4.44. The Hall–Kier alpha value is -1.33. The first-order valence-corrected chi connectivity index (χ1v) is 8.76. The van der Waals surface area contributed by atoms with E-state index in [1.54, 1.807) is 11.3 Å². The molecule has 1 aliphatic rings. The Morgan fingerprint density at radius 3 is 2.71 bits per heavy atom. The molecular formula is C16H17FN2S2. The summed E-state index contributed by atoms with van der Waals surface area (Å²) < 4.78 is 13.1. The standard InChI is InChI=1S/C16H17FN2S2/c1-3-11(2)16-19(13-6-4-12(17)5-7-13)9-15(21-16)14-8-18-10-20-14/h4-11,16H,3H2,1-2H3. The number of benzene rings is 1. The molecule has 1 aliphatic heterocycles. The van der Waals surface area contributed by atoms with Gasteiger partial charge in [0, 0.05) is 23.0 Å². The first-order chi connectivity index (χ1) is 10.2. The van der Waals surface area contributed by atoms with Crippen LogP contribution in [0.3, 0.4) is 0 Å². The molecule has 0 aliphatic carbocycles. The molecule has 3 rings (SSSR count). The van der Waals surface area contributed by atoms with E-state index >= 15 is 0 Å². The van der Waals surface area contributed by atoms with Gasteiger partial charge in [-0.1, -0.05) is 32.0 Å². The zero-order chi connectivity index (χ0) is 14.8. The average molecular weight is 320 g/mol. The molecule has 1 aromatic carbocycles. The van der Waals surface area contributed by atoms with Crippen LogP contribution >= 0.6 is 23.1 Å². The van der Waals surface area contributed by atoms with Crippen LogP contribution in [0.5, 0.6) is 0 Å². The summed E-state index contributed by atoms with van der Waals surface area (Å²) in [5.74, 6) is 0.346. The second-order valence-electron chi connectivity index (χ2n) is 5.14. The largest absolute Gasteiger partial charge is 0.334 e. The van der Waals surface area contributed by atoms with Gasteiger partial charge in [0.1, 0.15) is 5.82 Å². The van der Waals surface area contributed by atoms with Gasteiger partial charge in [0.15, 0.2) is 0 Å². The van der Waals surface area contributed by atoms with Crippen molar-refractivity contribution in [2.24, 2.45) is 5.92 Å². The molecule has 2 heterocycles. The third-order valence-electron chi connectivity index (χ3n) is 3.71. The number of hydrogen-bond donors (Lipinski definition) is 0. The van der Waals surface area contributed by atoms with Crippen LogP contribution in [0.2, 0.25) is 0 Å². The summed E-state index contributed by atoms with van der Waals surface area (Å²) in [6.45, 7) is 4.47. The highest BCUT2D eigenvalue weighted by molar-refractivity contribution is 8.09.